The molecule has 0 saturated carbocycles. The SMILES string of the molecule is CCCCCCCCc1ccc(-c2c(F)c(F)c(C(C)(C)C)c(F)c2F)cc1. The topological polar surface area (TPSA) is 0 Å². The van der Waals surface area contributed by atoms with Crippen molar-refractivity contribution in [1.82, 2.24) is 0 Å². The van der Waals surface area contributed by atoms with Crippen LogP contribution < -0.4 is 0 Å². The molecule has 0 aromatic heterocycles. The predicted octanol–water partition coefficient (Wildman–Crippen LogP) is 8.11. The number of rotatable bonds is 8. The summed E-state index contributed by atoms with van der Waals surface area (Å²) in [5.74, 6) is -5.32. The second kappa shape index (κ2) is 9.58. The van der Waals surface area contributed by atoms with Gasteiger partial charge in [0.05, 0.1) is 5.56 Å². The minimum Gasteiger partial charge on any atom is -0.203 e. The van der Waals surface area contributed by atoms with Crippen LogP contribution in [0, 0.1) is 23.3 Å². The molecular formula is C24H30F4. The monoisotopic (exact) mass is 394 g/mol. The average molecular weight is 394 g/mol. The van der Waals surface area contributed by atoms with Gasteiger partial charge < -0.3 is 0 Å². The zero-order valence-electron chi connectivity index (χ0n) is 17.3. The molecule has 0 radical (unpaired) electrons. The van der Waals surface area contributed by atoms with Crippen LogP contribution in [0.5, 0.6) is 0 Å². The van der Waals surface area contributed by atoms with Crippen molar-refractivity contribution in [1.29, 1.82) is 0 Å². The third-order valence-corrected chi connectivity index (χ3v) is 5.07. The first kappa shape index (κ1) is 22.4. The largest absolute Gasteiger partial charge is 0.203 e. The second-order valence-electron chi connectivity index (χ2n) is 8.47. The van der Waals surface area contributed by atoms with E-state index in [-0.39, 0.29) is 5.56 Å². The zero-order valence-corrected chi connectivity index (χ0v) is 17.3. The smallest absolute Gasteiger partial charge is 0.170 e. The molecule has 0 nitrogen and oxygen atoms in total. The van der Waals surface area contributed by atoms with E-state index in [1.807, 2.05) is 0 Å². The van der Waals surface area contributed by atoms with E-state index in [1.165, 1.54) is 58.6 Å². The minimum atomic E-state index is -1.34. The van der Waals surface area contributed by atoms with Crippen LogP contribution in [0.15, 0.2) is 24.3 Å². The summed E-state index contributed by atoms with van der Waals surface area (Å²) < 4.78 is 58.1. The molecule has 0 N–H and O–H groups in total. The Morgan fingerprint density at radius 1 is 0.679 bits per heavy atom. The lowest BCUT2D eigenvalue weighted by atomic mass is 9.84. The van der Waals surface area contributed by atoms with E-state index in [0.29, 0.717) is 0 Å². The Bertz CT molecular complexity index is 757. The summed E-state index contributed by atoms with van der Waals surface area (Å²) in [7, 11) is 0. The summed E-state index contributed by atoms with van der Waals surface area (Å²) in [4.78, 5) is 0. The van der Waals surface area contributed by atoms with Crippen LogP contribution in [0.1, 0.15) is 77.3 Å². The Hall–Kier alpha value is -1.84. The molecule has 0 aliphatic carbocycles. The Balaban J connectivity index is 2.20. The molecule has 0 saturated heterocycles. The van der Waals surface area contributed by atoms with Gasteiger partial charge in [-0.25, -0.2) is 17.6 Å². The lowest BCUT2D eigenvalue weighted by Crippen LogP contribution is -2.19. The number of halogens is 4. The van der Waals surface area contributed by atoms with Crippen molar-refractivity contribution in [2.75, 3.05) is 0 Å². The van der Waals surface area contributed by atoms with Gasteiger partial charge >= 0.3 is 0 Å². The highest BCUT2D eigenvalue weighted by Gasteiger charge is 2.32. The average Bonchev–Trinajstić information content (AvgIpc) is 2.63. The number of unbranched alkanes of at least 4 members (excludes halogenated alkanes) is 5. The van der Waals surface area contributed by atoms with Crippen molar-refractivity contribution in [3.05, 3.63) is 58.7 Å². The highest BCUT2D eigenvalue weighted by atomic mass is 19.2. The van der Waals surface area contributed by atoms with Crippen molar-refractivity contribution in [2.45, 2.75) is 78.1 Å². The lowest BCUT2D eigenvalue weighted by Gasteiger charge is -2.22. The Labute approximate surface area is 166 Å². The molecule has 154 valence electrons. The number of hydrogen-bond donors (Lipinski definition) is 0. The highest BCUT2D eigenvalue weighted by Crippen LogP contribution is 2.37. The molecule has 0 amide bonds. The predicted molar refractivity (Wildman–Crippen MR) is 107 cm³/mol. The van der Waals surface area contributed by atoms with Crippen molar-refractivity contribution >= 4 is 0 Å². The first-order valence-electron chi connectivity index (χ1n) is 10.1. The number of aryl methyl sites for hydroxylation is 1. The maximum absolute atomic E-state index is 14.6. The van der Waals surface area contributed by atoms with E-state index >= 15 is 0 Å². The summed E-state index contributed by atoms with van der Waals surface area (Å²) in [6, 6.07) is 6.61. The standard InChI is InChI=1S/C24H30F4/c1-5-6-7-8-9-10-11-16-12-14-17(15-13-16)18-20(25)22(27)19(24(2,3)4)23(28)21(18)26/h12-15H,5-11H2,1-4H3. The van der Waals surface area contributed by atoms with Crippen LogP contribution in [-0.4, -0.2) is 0 Å². The van der Waals surface area contributed by atoms with E-state index in [9.17, 15) is 17.6 Å². The van der Waals surface area contributed by atoms with Gasteiger partial charge in [0.15, 0.2) is 23.3 Å². The summed E-state index contributed by atoms with van der Waals surface area (Å²) >= 11 is 0. The molecule has 0 spiro atoms. The quantitative estimate of drug-likeness (QED) is 0.241. The van der Waals surface area contributed by atoms with Crippen LogP contribution >= 0.6 is 0 Å². The normalized spacial score (nSPS) is 11.9. The third kappa shape index (κ3) is 5.15. The van der Waals surface area contributed by atoms with E-state index in [1.54, 1.807) is 12.1 Å². The maximum atomic E-state index is 14.6. The highest BCUT2D eigenvalue weighted by molar-refractivity contribution is 5.66. The molecule has 0 atom stereocenters. The minimum absolute atomic E-state index is 0.139. The molecule has 0 aliphatic heterocycles. The van der Waals surface area contributed by atoms with Gasteiger partial charge in [-0.05, 0) is 29.4 Å². The van der Waals surface area contributed by atoms with Gasteiger partial charge in [-0.15, -0.1) is 0 Å². The fourth-order valence-corrected chi connectivity index (χ4v) is 3.49. The van der Waals surface area contributed by atoms with Crippen molar-refractivity contribution in [3.63, 3.8) is 0 Å². The molecule has 0 heterocycles. The van der Waals surface area contributed by atoms with E-state index in [4.69, 9.17) is 0 Å². The molecule has 0 aliphatic rings. The van der Waals surface area contributed by atoms with Crippen LogP contribution in [0.25, 0.3) is 11.1 Å². The number of hydrogen-bond acceptors (Lipinski definition) is 0. The summed E-state index contributed by atoms with van der Waals surface area (Å²) in [5.41, 5.74) is -1.07. The van der Waals surface area contributed by atoms with Gasteiger partial charge in [-0.3, -0.25) is 0 Å². The summed E-state index contributed by atoms with van der Waals surface area (Å²) in [6.45, 7) is 6.74. The van der Waals surface area contributed by atoms with Crippen LogP contribution in [0.3, 0.4) is 0 Å². The van der Waals surface area contributed by atoms with E-state index in [2.05, 4.69) is 6.92 Å². The Morgan fingerprint density at radius 3 is 1.68 bits per heavy atom. The first-order valence-corrected chi connectivity index (χ1v) is 10.1. The van der Waals surface area contributed by atoms with Gasteiger partial charge in [0, 0.05) is 5.56 Å². The fourth-order valence-electron chi connectivity index (χ4n) is 3.49. The number of benzene rings is 2. The van der Waals surface area contributed by atoms with Gasteiger partial charge in [0.25, 0.3) is 0 Å². The van der Waals surface area contributed by atoms with Crippen LogP contribution in [0.4, 0.5) is 17.6 Å². The summed E-state index contributed by atoms with van der Waals surface area (Å²) in [6.07, 6.45) is 8.00. The lowest BCUT2D eigenvalue weighted by molar-refractivity contribution is 0.407. The molecule has 0 fully saturated rings. The third-order valence-electron chi connectivity index (χ3n) is 5.07. The fraction of sp³-hybridized carbons (Fsp3) is 0.500. The molecular weight excluding hydrogens is 364 g/mol. The van der Waals surface area contributed by atoms with E-state index in [0.717, 1.165) is 24.8 Å². The van der Waals surface area contributed by atoms with Gasteiger partial charge in [0.1, 0.15) is 0 Å². The summed E-state index contributed by atoms with van der Waals surface area (Å²) in [5, 5.41) is 0. The molecule has 2 aromatic carbocycles. The molecule has 28 heavy (non-hydrogen) atoms. The van der Waals surface area contributed by atoms with Crippen LogP contribution in [-0.2, 0) is 11.8 Å². The van der Waals surface area contributed by atoms with Gasteiger partial charge in [0.2, 0.25) is 0 Å². The second-order valence-corrected chi connectivity index (χ2v) is 8.47. The molecule has 2 rings (SSSR count). The van der Waals surface area contributed by atoms with Crippen molar-refractivity contribution in [2.24, 2.45) is 0 Å². The van der Waals surface area contributed by atoms with Crippen molar-refractivity contribution < 1.29 is 17.6 Å². The maximum Gasteiger partial charge on any atom is 0.170 e. The molecule has 4 heteroatoms. The zero-order chi connectivity index (χ0) is 20.9. The molecule has 2 aromatic rings. The van der Waals surface area contributed by atoms with Crippen molar-refractivity contribution in [3.8, 4) is 11.1 Å². The van der Waals surface area contributed by atoms with Gasteiger partial charge in [-0.2, -0.15) is 0 Å². The van der Waals surface area contributed by atoms with Crippen LogP contribution in [0.2, 0.25) is 0 Å². The van der Waals surface area contributed by atoms with E-state index < -0.39 is 39.8 Å². The molecule has 0 unspecified atom stereocenters. The first-order chi connectivity index (χ1) is 13.2. The Kier molecular flexibility index (Phi) is 7.68. The Morgan fingerprint density at radius 2 is 1.18 bits per heavy atom. The van der Waals surface area contributed by atoms with Gasteiger partial charge in [-0.1, -0.05) is 84.1 Å². The molecule has 0 bridgehead atoms.